The first-order chi connectivity index (χ1) is 3.13. The van der Waals surface area contributed by atoms with Crippen LogP contribution < -0.4 is 0 Å². The Bertz CT molecular complexity index is 188. The smallest absolute Gasteiger partial charge is 0.174 e. The summed E-state index contributed by atoms with van der Waals surface area (Å²) in [7, 11) is -2.75. The number of hydrogen-bond acceptors (Lipinski definition) is 2. The monoisotopic (exact) mass is 118 g/mol. The van der Waals surface area contributed by atoms with Crippen LogP contribution in [0.1, 0.15) is 6.42 Å². The lowest BCUT2D eigenvalue weighted by Gasteiger charge is -2.14. The highest BCUT2D eigenvalue weighted by Gasteiger charge is 2.25. The highest BCUT2D eigenvalue weighted by Crippen LogP contribution is 2.21. The highest BCUT2D eigenvalue weighted by molar-refractivity contribution is 7.96. The molecule has 0 amide bonds. The molecule has 3 heteroatoms. The fraction of sp³-hybridized carbons (Fsp3) is 0.500. The second-order valence-corrected chi connectivity index (χ2v) is 3.82. The van der Waals surface area contributed by atoms with Crippen molar-refractivity contribution in [3.05, 3.63) is 11.5 Å². The van der Waals surface area contributed by atoms with Crippen molar-refractivity contribution in [1.29, 1.82) is 0 Å². The van der Waals surface area contributed by atoms with Crippen LogP contribution in [0, 0.1) is 0 Å². The van der Waals surface area contributed by atoms with Crippen LogP contribution in [0.2, 0.25) is 0 Å². The summed E-state index contributed by atoms with van der Waals surface area (Å²) in [6.45, 7) is 3.33. The third-order valence-corrected chi connectivity index (χ3v) is 2.91. The van der Waals surface area contributed by atoms with Crippen LogP contribution in [0.4, 0.5) is 0 Å². The Morgan fingerprint density at radius 1 is 1.57 bits per heavy atom. The summed E-state index contributed by atoms with van der Waals surface area (Å²) in [5.41, 5.74) is 0. The van der Waals surface area contributed by atoms with Crippen LogP contribution in [0.15, 0.2) is 11.5 Å². The quantitative estimate of drug-likeness (QED) is 0.459. The maximum Gasteiger partial charge on any atom is 0.174 e. The van der Waals surface area contributed by atoms with E-state index in [4.69, 9.17) is 0 Å². The Hall–Kier alpha value is -0.310. The molecule has 7 heavy (non-hydrogen) atoms. The Labute approximate surface area is 42.8 Å². The van der Waals surface area contributed by atoms with Gasteiger partial charge in [-0.1, -0.05) is 6.58 Å². The molecule has 40 valence electrons. The van der Waals surface area contributed by atoms with Crippen molar-refractivity contribution in [1.82, 2.24) is 0 Å². The van der Waals surface area contributed by atoms with E-state index in [0.717, 1.165) is 0 Å². The molecule has 0 aliphatic carbocycles. The molecule has 0 aromatic heterocycles. The minimum Gasteiger partial charge on any atom is -0.224 e. The van der Waals surface area contributed by atoms with Crippen LogP contribution in [0.25, 0.3) is 0 Å². The lowest BCUT2D eigenvalue weighted by Crippen LogP contribution is -2.19. The minimum absolute atomic E-state index is 0.311. The van der Waals surface area contributed by atoms with Gasteiger partial charge in [-0.15, -0.1) is 0 Å². The third kappa shape index (κ3) is 0.567. The van der Waals surface area contributed by atoms with Crippen molar-refractivity contribution >= 4 is 9.84 Å². The molecular weight excluding hydrogens is 112 g/mol. The summed E-state index contributed by atoms with van der Waals surface area (Å²) < 4.78 is 20.6. The summed E-state index contributed by atoms with van der Waals surface area (Å²) in [5, 5.41) is 0. The first-order valence-electron chi connectivity index (χ1n) is 2.03. The largest absolute Gasteiger partial charge is 0.224 e. The SMILES string of the molecule is C=C1CCS1(=O)=O. The van der Waals surface area contributed by atoms with Crippen molar-refractivity contribution in [2.45, 2.75) is 6.42 Å². The lowest BCUT2D eigenvalue weighted by atomic mass is 10.5. The normalized spacial score (nSPS) is 26.6. The van der Waals surface area contributed by atoms with Gasteiger partial charge in [0.05, 0.1) is 5.75 Å². The molecule has 0 saturated carbocycles. The van der Waals surface area contributed by atoms with E-state index < -0.39 is 9.84 Å². The van der Waals surface area contributed by atoms with E-state index in [2.05, 4.69) is 6.58 Å². The summed E-state index contributed by atoms with van der Waals surface area (Å²) in [6.07, 6.45) is 0.669. The van der Waals surface area contributed by atoms with Crippen LogP contribution >= 0.6 is 0 Å². The number of hydrogen-bond donors (Lipinski definition) is 0. The zero-order valence-electron chi connectivity index (χ0n) is 3.85. The van der Waals surface area contributed by atoms with Crippen molar-refractivity contribution in [2.24, 2.45) is 0 Å². The molecule has 0 bridgehead atoms. The minimum atomic E-state index is -2.75. The lowest BCUT2D eigenvalue weighted by molar-refractivity contribution is 0.591. The van der Waals surface area contributed by atoms with E-state index in [-0.39, 0.29) is 0 Å². The fourth-order valence-electron chi connectivity index (χ4n) is 0.413. The molecule has 0 unspecified atom stereocenters. The topological polar surface area (TPSA) is 34.1 Å². The molecule has 1 aliphatic rings. The highest BCUT2D eigenvalue weighted by atomic mass is 32.2. The van der Waals surface area contributed by atoms with Crippen LogP contribution in [0.3, 0.4) is 0 Å². The third-order valence-electron chi connectivity index (χ3n) is 1.09. The van der Waals surface area contributed by atoms with Gasteiger partial charge in [0.2, 0.25) is 0 Å². The average molecular weight is 118 g/mol. The summed E-state index contributed by atoms with van der Waals surface area (Å²) >= 11 is 0. The van der Waals surface area contributed by atoms with Gasteiger partial charge < -0.3 is 0 Å². The molecule has 1 rings (SSSR count). The Kier molecular flexibility index (Phi) is 0.757. The zero-order valence-corrected chi connectivity index (χ0v) is 4.66. The molecule has 0 atom stereocenters. The van der Waals surface area contributed by atoms with Gasteiger partial charge in [0, 0.05) is 4.91 Å². The van der Waals surface area contributed by atoms with E-state index in [1.165, 1.54) is 0 Å². The van der Waals surface area contributed by atoms with Crippen LogP contribution in [0.5, 0.6) is 0 Å². The molecule has 1 fully saturated rings. The van der Waals surface area contributed by atoms with Gasteiger partial charge in [-0.3, -0.25) is 0 Å². The maximum absolute atomic E-state index is 10.3. The Morgan fingerprint density at radius 3 is 2.00 bits per heavy atom. The van der Waals surface area contributed by atoms with Gasteiger partial charge in [-0.25, -0.2) is 8.42 Å². The van der Waals surface area contributed by atoms with Crippen molar-refractivity contribution < 1.29 is 8.42 Å². The zero-order chi connectivity index (χ0) is 5.49. The molecule has 0 spiro atoms. The van der Waals surface area contributed by atoms with E-state index >= 15 is 0 Å². The van der Waals surface area contributed by atoms with Crippen LogP contribution in [-0.4, -0.2) is 14.2 Å². The Morgan fingerprint density at radius 2 is 2.00 bits per heavy atom. The molecule has 0 radical (unpaired) electrons. The summed E-state index contributed by atoms with van der Waals surface area (Å²) in [6, 6.07) is 0. The fourth-order valence-corrected chi connectivity index (χ4v) is 1.24. The standard InChI is InChI=1S/C4H6O2S/c1-4-2-3-7(4,5)6/h1-3H2. The molecule has 2 nitrogen and oxygen atoms in total. The molecule has 1 aliphatic heterocycles. The van der Waals surface area contributed by atoms with E-state index in [1.54, 1.807) is 0 Å². The van der Waals surface area contributed by atoms with Gasteiger partial charge in [-0.05, 0) is 6.42 Å². The second-order valence-electron chi connectivity index (χ2n) is 1.61. The molecule has 0 aromatic rings. The maximum atomic E-state index is 10.3. The van der Waals surface area contributed by atoms with Gasteiger partial charge in [0.25, 0.3) is 0 Å². The van der Waals surface area contributed by atoms with Gasteiger partial charge >= 0.3 is 0 Å². The second kappa shape index (κ2) is 1.10. The Balaban J connectivity index is 3.01. The van der Waals surface area contributed by atoms with Gasteiger partial charge in [0.15, 0.2) is 9.84 Å². The molecule has 0 N–H and O–H groups in total. The molecule has 1 heterocycles. The summed E-state index contributed by atoms with van der Waals surface area (Å²) in [5.74, 6) is 0.311. The molecule has 0 aromatic carbocycles. The predicted octanol–water partition coefficient (Wildman–Crippen LogP) is 0.319. The molecular formula is C4H6O2S. The summed E-state index contributed by atoms with van der Waals surface area (Å²) in [4.78, 5) is 0.396. The van der Waals surface area contributed by atoms with E-state index in [9.17, 15) is 8.42 Å². The number of allylic oxidation sites excluding steroid dienone is 1. The van der Waals surface area contributed by atoms with Gasteiger partial charge in [0.1, 0.15) is 0 Å². The van der Waals surface area contributed by atoms with Crippen molar-refractivity contribution in [2.75, 3.05) is 5.75 Å². The first kappa shape index (κ1) is 4.84. The first-order valence-corrected chi connectivity index (χ1v) is 3.69. The average Bonchev–Trinajstić information content (AvgIpc) is 1.63. The van der Waals surface area contributed by atoms with E-state index in [1.807, 2.05) is 0 Å². The van der Waals surface area contributed by atoms with Crippen LogP contribution in [-0.2, 0) is 9.84 Å². The van der Waals surface area contributed by atoms with Crippen molar-refractivity contribution in [3.8, 4) is 0 Å². The predicted molar refractivity (Wildman–Crippen MR) is 27.5 cm³/mol. The van der Waals surface area contributed by atoms with Gasteiger partial charge in [-0.2, -0.15) is 0 Å². The number of sulfone groups is 1. The number of rotatable bonds is 0. The van der Waals surface area contributed by atoms with E-state index in [0.29, 0.717) is 17.1 Å². The molecule has 1 saturated heterocycles. The van der Waals surface area contributed by atoms with Crippen molar-refractivity contribution in [3.63, 3.8) is 0 Å².